The Morgan fingerprint density at radius 1 is 1.28 bits per heavy atom. The van der Waals surface area contributed by atoms with Gasteiger partial charge in [0, 0.05) is 12.9 Å². The normalized spacial score (nSPS) is 15.3. The fraction of sp³-hybridized carbons (Fsp3) is 0.538. The van der Waals surface area contributed by atoms with Crippen molar-refractivity contribution in [1.29, 1.82) is 0 Å². The van der Waals surface area contributed by atoms with Crippen molar-refractivity contribution in [2.45, 2.75) is 24.2 Å². The largest absolute Gasteiger partial charge is 0.396 e. The quantitative estimate of drug-likeness (QED) is 0.813. The van der Waals surface area contributed by atoms with Gasteiger partial charge in [0.1, 0.15) is 0 Å². The molecule has 4 nitrogen and oxygen atoms in total. The summed E-state index contributed by atoms with van der Waals surface area (Å²) in [4.78, 5) is 0.330. The molecule has 0 saturated heterocycles. The van der Waals surface area contributed by atoms with E-state index < -0.39 is 9.84 Å². The zero-order valence-corrected chi connectivity index (χ0v) is 11.7. The predicted octanol–water partition coefficient (Wildman–Crippen LogP) is 1.15. The highest BCUT2D eigenvalue weighted by atomic mass is 32.2. The van der Waals surface area contributed by atoms with E-state index in [4.69, 9.17) is 10.8 Å². The van der Waals surface area contributed by atoms with Crippen molar-refractivity contribution in [1.82, 2.24) is 0 Å². The molecule has 0 saturated carbocycles. The van der Waals surface area contributed by atoms with E-state index in [1.165, 1.54) is 6.26 Å². The zero-order valence-electron chi connectivity index (χ0n) is 10.8. The van der Waals surface area contributed by atoms with Gasteiger partial charge in [-0.2, -0.15) is 0 Å². The lowest BCUT2D eigenvalue weighted by atomic mass is 9.91. The zero-order chi connectivity index (χ0) is 13.8. The summed E-state index contributed by atoms with van der Waals surface area (Å²) in [6, 6.07) is 6.90. The first kappa shape index (κ1) is 15.1. The molecule has 0 amide bonds. The molecule has 0 aromatic heterocycles. The molecule has 1 rings (SSSR count). The SMILES string of the molecule is CC(CC(CN)CO)c1ccc(S(C)(=O)=O)cc1. The summed E-state index contributed by atoms with van der Waals surface area (Å²) in [5, 5.41) is 9.11. The average molecular weight is 271 g/mol. The van der Waals surface area contributed by atoms with E-state index in [0.29, 0.717) is 11.4 Å². The second-order valence-corrected chi connectivity index (χ2v) is 6.78. The molecule has 3 N–H and O–H groups in total. The number of hydrogen-bond acceptors (Lipinski definition) is 4. The monoisotopic (exact) mass is 271 g/mol. The number of nitrogens with two attached hydrogens (primary N) is 1. The van der Waals surface area contributed by atoms with Crippen LogP contribution < -0.4 is 5.73 Å². The van der Waals surface area contributed by atoms with Crippen molar-refractivity contribution >= 4 is 9.84 Å². The molecule has 1 aromatic rings. The van der Waals surface area contributed by atoms with Crippen LogP contribution in [0.25, 0.3) is 0 Å². The van der Waals surface area contributed by atoms with Crippen LogP contribution in [0.1, 0.15) is 24.8 Å². The van der Waals surface area contributed by atoms with Gasteiger partial charge in [-0.3, -0.25) is 0 Å². The van der Waals surface area contributed by atoms with Crippen molar-refractivity contribution in [3.8, 4) is 0 Å². The Morgan fingerprint density at radius 2 is 1.83 bits per heavy atom. The van der Waals surface area contributed by atoms with Crippen LogP contribution in [0.2, 0.25) is 0 Å². The van der Waals surface area contributed by atoms with Crippen LogP contribution in [-0.4, -0.2) is 32.9 Å². The molecule has 2 unspecified atom stereocenters. The van der Waals surface area contributed by atoms with E-state index in [0.717, 1.165) is 12.0 Å². The molecule has 2 atom stereocenters. The van der Waals surface area contributed by atoms with Crippen molar-refractivity contribution in [3.05, 3.63) is 29.8 Å². The number of aliphatic hydroxyl groups excluding tert-OH is 1. The van der Waals surface area contributed by atoms with Crippen molar-refractivity contribution in [3.63, 3.8) is 0 Å². The molecular weight excluding hydrogens is 250 g/mol. The Hall–Kier alpha value is -0.910. The Kier molecular flexibility index (Phi) is 5.31. The lowest BCUT2D eigenvalue weighted by molar-refractivity contribution is 0.217. The summed E-state index contributed by atoms with van der Waals surface area (Å²) in [7, 11) is -3.14. The van der Waals surface area contributed by atoms with Gasteiger partial charge < -0.3 is 10.8 Å². The predicted molar refractivity (Wildman–Crippen MR) is 72.2 cm³/mol. The van der Waals surface area contributed by atoms with Crippen LogP contribution >= 0.6 is 0 Å². The third-order valence-electron chi connectivity index (χ3n) is 3.16. The molecule has 0 spiro atoms. The molecule has 5 heteroatoms. The lowest BCUT2D eigenvalue weighted by Gasteiger charge is -2.18. The standard InChI is InChI=1S/C13H21NO3S/c1-10(7-11(8-14)9-15)12-3-5-13(6-4-12)18(2,16)17/h3-6,10-11,15H,7-9,14H2,1-2H3. The number of aliphatic hydroxyl groups is 1. The van der Waals surface area contributed by atoms with Gasteiger partial charge in [0.2, 0.25) is 0 Å². The van der Waals surface area contributed by atoms with E-state index in [9.17, 15) is 8.42 Å². The summed E-state index contributed by atoms with van der Waals surface area (Å²) in [5.74, 6) is 0.342. The maximum Gasteiger partial charge on any atom is 0.175 e. The Balaban J connectivity index is 2.79. The molecule has 18 heavy (non-hydrogen) atoms. The second-order valence-electron chi connectivity index (χ2n) is 4.76. The summed E-state index contributed by atoms with van der Waals surface area (Å²) in [6.07, 6.45) is 1.99. The molecule has 0 fully saturated rings. The highest BCUT2D eigenvalue weighted by molar-refractivity contribution is 7.90. The Morgan fingerprint density at radius 3 is 2.22 bits per heavy atom. The van der Waals surface area contributed by atoms with Gasteiger partial charge in [-0.25, -0.2) is 8.42 Å². The Labute approximate surface area is 109 Å². The van der Waals surface area contributed by atoms with E-state index in [2.05, 4.69) is 0 Å². The van der Waals surface area contributed by atoms with Crippen molar-refractivity contribution < 1.29 is 13.5 Å². The van der Waals surface area contributed by atoms with E-state index in [1.807, 2.05) is 19.1 Å². The average Bonchev–Trinajstić information content (AvgIpc) is 2.34. The molecule has 0 radical (unpaired) electrons. The summed E-state index contributed by atoms with van der Waals surface area (Å²) in [5.41, 5.74) is 6.62. The number of hydrogen-bond donors (Lipinski definition) is 2. The van der Waals surface area contributed by atoms with Gasteiger partial charge >= 0.3 is 0 Å². The molecule has 0 bridgehead atoms. The van der Waals surface area contributed by atoms with Gasteiger partial charge in [0.15, 0.2) is 9.84 Å². The highest BCUT2D eigenvalue weighted by Crippen LogP contribution is 2.24. The molecule has 0 aliphatic carbocycles. The lowest BCUT2D eigenvalue weighted by Crippen LogP contribution is -2.20. The smallest absolute Gasteiger partial charge is 0.175 e. The molecule has 1 aromatic carbocycles. The van der Waals surface area contributed by atoms with Gasteiger partial charge in [0.25, 0.3) is 0 Å². The second kappa shape index (κ2) is 6.31. The molecular formula is C13H21NO3S. The third-order valence-corrected chi connectivity index (χ3v) is 4.28. The first-order chi connectivity index (χ1) is 8.38. The summed E-state index contributed by atoms with van der Waals surface area (Å²) >= 11 is 0. The van der Waals surface area contributed by atoms with Gasteiger partial charge in [-0.05, 0) is 42.5 Å². The maximum absolute atomic E-state index is 11.3. The van der Waals surface area contributed by atoms with Gasteiger partial charge in [-0.15, -0.1) is 0 Å². The fourth-order valence-electron chi connectivity index (χ4n) is 1.92. The Bertz CT molecular complexity index is 464. The highest BCUT2D eigenvalue weighted by Gasteiger charge is 2.14. The summed E-state index contributed by atoms with van der Waals surface area (Å²) < 4.78 is 22.7. The minimum Gasteiger partial charge on any atom is -0.396 e. The minimum atomic E-state index is -3.14. The van der Waals surface area contributed by atoms with E-state index >= 15 is 0 Å². The fourth-order valence-corrected chi connectivity index (χ4v) is 2.56. The first-order valence-corrected chi connectivity index (χ1v) is 7.88. The van der Waals surface area contributed by atoms with Crippen molar-refractivity contribution in [2.24, 2.45) is 11.7 Å². The van der Waals surface area contributed by atoms with Crippen LogP contribution in [0.3, 0.4) is 0 Å². The van der Waals surface area contributed by atoms with Crippen LogP contribution in [0.15, 0.2) is 29.2 Å². The van der Waals surface area contributed by atoms with Crippen LogP contribution in [0.4, 0.5) is 0 Å². The number of sulfone groups is 1. The molecule has 0 aliphatic rings. The minimum absolute atomic E-state index is 0.0856. The molecule has 0 aliphatic heterocycles. The van der Waals surface area contributed by atoms with Gasteiger partial charge in [0.05, 0.1) is 4.90 Å². The third kappa shape index (κ3) is 4.08. The first-order valence-electron chi connectivity index (χ1n) is 5.99. The van der Waals surface area contributed by atoms with Crippen LogP contribution in [0, 0.1) is 5.92 Å². The number of rotatable bonds is 6. The van der Waals surface area contributed by atoms with Crippen molar-refractivity contribution in [2.75, 3.05) is 19.4 Å². The van der Waals surface area contributed by atoms with Gasteiger partial charge in [-0.1, -0.05) is 19.1 Å². The van der Waals surface area contributed by atoms with E-state index in [-0.39, 0.29) is 18.4 Å². The molecule has 102 valence electrons. The topological polar surface area (TPSA) is 80.4 Å². The van der Waals surface area contributed by atoms with Crippen LogP contribution in [0.5, 0.6) is 0 Å². The maximum atomic E-state index is 11.3. The summed E-state index contributed by atoms with van der Waals surface area (Å²) in [6.45, 7) is 2.60. The molecule has 0 heterocycles. The van der Waals surface area contributed by atoms with E-state index in [1.54, 1.807) is 12.1 Å². The number of benzene rings is 1. The van der Waals surface area contributed by atoms with Crippen LogP contribution in [-0.2, 0) is 9.84 Å².